The maximum absolute atomic E-state index is 12.5. The topological polar surface area (TPSA) is 93.1 Å². The van der Waals surface area contributed by atoms with Gasteiger partial charge in [0.15, 0.2) is 5.72 Å². The first kappa shape index (κ1) is 17.0. The van der Waals surface area contributed by atoms with E-state index in [1.54, 1.807) is 38.1 Å². The number of carbonyl (C=O) groups is 3. The summed E-state index contributed by atoms with van der Waals surface area (Å²) in [7, 11) is 0. The average Bonchev–Trinajstić information content (AvgIpc) is 2.70. The molecule has 0 aromatic heterocycles. The number of fused-ring (bicyclic) bond motifs is 1. The fourth-order valence-electron chi connectivity index (χ4n) is 2.62. The lowest BCUT2D eigenvalue weighted by Crippen LogP contribution is -2.48. The van der Waals surface area contributed by atoms with Crippen LogP contribution in [0.4, 0.5) is 0 Å². The fourth-order valence-corrected chi connectivity index (χ4v) is 2.62. The summed E-state index contributed by atoms with van der Waals surface area (Å²) in [4.78, 5) is 37.0. The molecule has 7 heteroatoms. The van der Waals surface area contributed by atoms with E-state index in [0.29, 0.717) is 0 Å². The summed E-state index contributed by atoms with van der Waals surface area (Å²) in [6.45, 7) is 3.15. The Balaban J connectivity index is 2.37. The van der Waals surface area contributed by atoms with Gasteiger partial charge >= 0.3 is 11.9 Å². The van der Waals surface area contributed by atoms with E-state index in [1.165, 1.54) is 0 Å². The van der Waals surface area contributed by atoms with Crippen LogP contribution in [-0.2, 0) is 24.8 Å². The first-order valence-corrected chi connectivity index (χ1v) is 7.39. The van der Waals surface area contributed by atoms with Crippen LogP contribution >= 0.6 is 0 Å². The Morgan fingerprint density at radius 3 is 2.39 bits per heavy atom. The molecule has 0 fully saturated rings. The van der Waals surface area contributed by atoms with Gasteiger partial charge in [-0.05, 0) is 19.9 Å². The van der Waals surface area contributed by atoms with Crippen molar-refractivity contribution in [2.45, 2.75) is 26.0 Å². The van der Waals surface area contributed by atoms with Gasteiger partial charge in [0, 0.05) is 11.1 Å². The molecule has 0 spiro atoms. The Bertz CT molecular complexity index is 629. The second kappa shape index (κ2) is 6.78. The molecule has 1 aliphatic heterocycles. The predicted octanol–water partition coefficient (Wildman–Crippen LogP) is 0.804. The van der Waals surface area contributed by atoms with E-state index < -0.39 is 36.5 Å². The van der Waals surface area contributed by atoms with Crippen molar-refractivity contribution in [2.75, 3.05) is 19.8 Å². The van der Waals surface area contributed by atoms with Gasteiger partial charge in [0.1, 0.15) is 6.54 Å². The minimum atomic E-state index is -1.92. The predicted molar refractivity (Wildman–Crippen MR) is 79.3 cm³/mol. The van der Waals surface area contributed by atoms with Gasteiger partial charge in [-0.15, -0.1) is 0 Å². The lowest BCUT2D eigenvalue weighted by Gasteiger charge is -2.32. The van der Waals surface area contributed by atoms with Crippen LogP contribution < -0.4 is 0 Å². The van der Waals surface area contributed by atoms with Crippen LogP contribution in [0.15, 0.2) is 24.3 Å². The van der Waals surface area contributed by atoms with E-state index in [-0.39, 0.29) is 24.3 Å². The second-order valence-corrected chi connectivity index (χ2v) is 5.04. The van der Waals surface area contributed by atoms with Gasteiger partial charge in [0.2, 0.25) is 0 Å². The van der Waals surface area contributed by atoms with Crippen molar-refractivity contribution in [1.82, 2.24) is 4.90 Å². The molecule has 1 aromatic rings. The van der Waals surface area contributed by atoms with Crippen LogP contribution in [0.25, 0.3) is 0 Å². The summed E-state index contributed by atoms with van der Waals surface area (Å²) in [6, 6.07) is 6.39. The van der Waals surface area contributed by atoms with Crippen molar-refractivity contribution >= 4 is 17.8 Å². The highest BCUT2D eigenvalue weighted by Crippen LogP contribution is 2.39. The summed E-state index contributed by atoms with van der Waals surface area (Å²) in [6.07, 6.45) is -0.455. The molecule has 0 aliphatic carbocycles. The van der Waals surface area contributed by atoms with Gasteiger partial charge in [-0.3, -0.25) is 19.3 Å². The SMILES string of the molecule is CCOC(=O)CN1C(=O)c2ccccc2C1(O)CC(=O)OCC. The summed E-state index contributed by atoms with van der Waals surface area (Å²) >= 11 is 0. The van der Waals surface area contributed by atoms with Crippen LogP contribution in [0.5, 0.6) is 0 Å². The molecule has 0 saturated carbocycles. The Morgan fingerprint density at radius 2 is 1.74 bits per heavy atom. The smallest absolute Gasteiger partial charge is 0.325 e. The average molecular weight is 321 g/mol. The van der Waals surface area contributed by atoms with Crippen LogP contribution in [-0.4, -0.2) is 47.6 Å². The normalized spacial score (nSPS) is 19.4. The third kappa shape index (κ3) is 3.19. The molecular formula is C16H19NO6. The van der Waals surface area contributed by atoms with Gasteiger partial charge in [-0.2, -0.15) is 0 Å². The monoisotopic (exact) mass is 321 g/mol. The Hall–Kier alpha value is -2.41. The van der Waals surface area contributed by atoms with E-state index in [1.807, 2.05) is 0 Å². The van der Waals surface area contributed by atoms with Crippen LogP contribution in [0.1, 0.15) is 36.2 Å². The van der Waals surface area contributed by atoms with Crippen molar-refractivity contribution in [1.29, 1.82) is 0 Å². The number of hydrogen-bond acceptors (Lipinski definition) is 6. The Labute approximate surface area is 133 Å². The lowest BCUT2D eigenvalue weighted by molar-refractivity contribution is -0.164. The maximum atomic E-state index is 12.5. The van der Waals surface area contributed by atoms with Crippen LogP contribution in [0.2, 0.25) is 0 Å². The molecule has 1 aliphatic rings. The molecule has 1 unspecified atom stereocenters. The zero-order valence-corrected chi connectivity index (χ0v) is 13.1. The standard InChI is InChI=1S/C16H19NO6/c1-3-22-13(18)9-16(21)12-8-6-5-7-11(12)15(20)17(16)10-14(19)23-4-2/h5-8,21H,3-4,9-10H2,1-2H3. The summed E-state index contributed by atoms with van der Waals surface area (Å²) in [5, 5.41) is 11.0. The highest BCUT2D eigenvalue weighted by atomic mass is 16.5. The van der Waals surface area contributed by atoms with E-state index >= 15 is 0 Å². The number of carbonyl (C=O) groups excluding carboxylic acids is 3. The van der Waals surface area contributed by atoms with Gasteiger partial charge in [0.25, 0.3) is 5.91 Å². The lowest BCUT2D eigenvalue weighted by atomic mass is 9.98. The molecule has 1 heterocycles. The molecule has 1 amide bonds. The largest absolute Gasteiger partial charge is 0.466 e. The number of hydrogen-bond donors (Lipinski definition) is 1. The summed E-state index contributed by atoms with van der Waals surface area (Å²) < 4.78 is 9.70. The van der Waals surface area contributed by atoms with Crippen LogP contribution in [0.3, 0.4) is 0 Å². The number of nitrogens with zero attached hydrogens (tertiary/aromatic N) is 1. The minimum absolute atomic E-state index is 0.155. The van der Waals surface area contributed by atoms with Gasteiger partial charge in [0.05, 0.1) is 19.6 Å². The van der Waals surface area contributed by atoms with E-state index in [0.717, 1.165) is 4.90 Å². The summed E-state index contributed by atoms with van der Waals surface area (Å²) in [5.41, 5.74) is -1.39. The van der Waals surface area contributed by atoms with E-state index in [2.05, 4.69) is 0 Å². The highest BCUT2D eigenvalue weighted by Gasteiger charge is 2.50. The minimum Gasteiger partial charge on any atom is -0.466 e. The zero-order valence-electron chi connectivity index (χ0n) is 13.1. The van der Waals surface area contributed by atoms with Crippen molar-refractivity contribution in [3.8, 4) is 0 Å². The first-order chi connectivity index (χ1) is 10.9. The molecule has 23 heavy (non-hydrogen) atoms. The zero-order chi connectivity index (χ0) is 17.0. The van der Waals surface area contributed by atoms with Crippen LogP contribution in [0, 0.1) is 0 Å². The van der Waals surface area contributed by atoms with E-state index in [4.69, 9.17) is 9.47 Å². The van der Waals surface area contributed by atoms with Gasteiger partial charge in [-0.1, -0.05) is 18.2 Å². The quantitative estimate of drug-likeness (QED) is 0.779. The number of ether oxygens (including phenoxy) is 2. The Kier molecular flexibility index (Phi) is 5.00. The molecule has 1 aromatic carbocycles. The second-order valence-electron chi connectivity index (χ2n) is 5.04. The third-order valence-corrected chi connectivity index (χ3v) is 3.57. The number of rotatable bonds is 6. The third-order valence-electron chi connectivity index (χ3n) is 3.57. The van der Waals surface area contributed by atoms with Crippen molar-refractivity contribution < 1.29 is 29.0 Å². The molecule has 0 bridgehead atoms. The van der Waals surface area contributed by atoms with Crippen molar-refractivity contribution in [3.63, 3.8) is 0 Å². The summed E-state index contributed by atoms with van der Waals surface area (Å²) in [5.74, 6) is -1.84. The number of amides is 1. The van der Waals surface area contributed by atoms with Gasteiger partial charge < -0.3 is 14.6 Å². The Morgan fingerprint density at radius 1 is 1.13 bits per heavy atom. The molecule has 124 valence electrons. The van der Waals surface area contributed by atoms with E-state index in [9.17, 15) is 19.5 Å². The number of benzene rings is 1. The fraction of sp³-hybridized carbons (Fsp3) is 0.438. The number of aliphatic hydroxyl groups is 1. The molecule has 1 atom stereocenters. The van der Waals surface area contributed by atoms with Crippen molar-refractivity contribution in [2.24, 2.45) is 0 Å². The first-order valence-electron chi connectivity index (χ1n) is 7.39. The molecule has 1 N–H and O–H groups in total. The maximum Gasteiger partial charge on any atom is 0.325 e. The number of esters is 2. The molecule has 2 rings (SSSR count). The van der Waals surface area contributed by atoms with Gasteiger partial charge in [-0.25, -0.2) is 0 Å². The molecule has 0 radical (unpaired) electrons. The molecule has 0 saturated heterocycles. The molecule has 7 nitrogen and oxygen atoms in total. The highest BCUT2D eigenvalue weighted by molar-refractivity contribution is 6.01. The molecular weight excluding hydrogens is 302 g/mol. The van der Waals surface area contributed by atoms with Crippen molar-refractivity contribution in [3.05, 3.63) is 35.4 Å².